The fourth-order valence-corrected chi connectivity index (χ4v) is 2.52. The summed E-state index contributed by atoms with van der Waals surface area (Å²) in [6, 6.07) is 8.96. The second kappa shape index (κ2) is 7.21. The standard InChI is InChI=1S/C16H22N4O/c1-20-8-6-14(7-9-20)19-16(21)15(18)10-12-2-4-13(11-17)5-3-12/h2-5,14-15H,6-10,18H2,1H3,(H,19,21). The highest BCUT2D eigenvalue weighted by atomic mass is 16.2. The average molecular weight is 286 g/mol. The first-order valence-corrected chi connectivity index (χ1v) is 7.32. The van der Waals surface area contributed by atoms with Crippen molar-refractivity contribution in [2.45, 2.75) is 31.3 Å². The number of nitrogens with zero attached hydrogens (tertiary/aromatic N) is 2. The lowest BCUT2D eigenvalue weighted by atomic mass is 10.0. The minimum absolute atomic E-state index is 0.0890. The summed E-state index contributed by atoms with van der Waals surface area (Å²) in [6.07, 6.45) is 2.45. The first-order valence-electron chi connectivity index (χ1n) is 7.32. The van der Waals surface area contributed by atoms with E-state index in [9.17, 15) is 4.79 Å². The van der Waals surface area contributed by atoms with E-state index >= 15 is 0 Å². The van der Waals surface area contributed by atoms with Gasteiger partial charge in [-0.3, -0.25) is 4.79 Å². The highest BCUT2D eigenvalue weighted by molar-refractivity contribution is 5.82. The molecular weight excluding hydrogens is 264 g/mol. The van der Waals surface area contributed by atoms with Crippen molar-refractivity contribution < 1.29 is 4.79 Å². The molecule has 0 spiro atoms. The van der Waals surface area contributed by atoms with Gasteiger partial charge in [-0.15, -0.1) is 0 Å². The van der Waals surface area contributed by atoms with E-state index in [0.29, 0.717) is 12.0 Å². The first kappa shape index (κ1) is 15.5. The molecule has 0 radical (unpaired) electrons. The van der Waals surface area contributed by atoms with Gasteiger partial charge in [-0.25, -0.2) is 0 Å². The second-order valence-electron chi connectivity index (χ2n) is 5.71. The normalized spacial score (nSPS) is 18.0. The number of nitrogens with two attached hydrogens (primary N) is 1. The molecule has 5 heteroatoms. The second-order valence-corrected chi connectivity index (χ2v) is 5.71. The Bertz CT molecular complexity index is 512. The van der Waals surface area contributed by atoms with Crippen LogP contribution in [0.4, 0.5) is 0 Å². The van der Waals surface area contributed by atoms with E-state index in [0.717, 1.165) is 31.5 Å². The Balaban J connectivity index is 1.83. The number of nitrogens with one attached hydrogen (secondary N) is 1. The van der Waals surface area contributed by atoms with Crippen LogP contribution in [0.3, 0.4) is 0 Å². The summed E-state index contributed by atoms with van der Waals surface area (Å²) in [4.78, 5) is 14.4. The molecule has 1 saturated heterocycles. The smallest absolute Gasteiger partial charge is 0.237 e. The maximum Gasteiger partial charge on any atom is 0.237 e. The van der Waals surface area contributed by atoms with E-state index in [1.54, 1.807) is 12.1 Å². The molecular formula is C16H22N4O. The number of amides is 1. The average Bonchev–Trinajstić information content (AvgIpc) is 2.50. The Kier molecular flexibility index (Phi) is 5.32. The van der Waals surface area contributed by atoms with Crippen LogP contribution in [0.1, 0.15) is 24.0 Å². The van der Waals surface area contributed by atoms with Gasteiger partial charge in [0.2, 0.25) is 5.91 Å². The predicted molar refractivity (Wildman–Crippen MR) is 81.5 cm³/mol. The monoisotopic (exact) mass is 286 g/mol. The highest BCUT2D eigenvalue weighted by Crippen LogP contribution is 2.09. The summed E-state index contributed by atoms with van der Waals surface area (Å²) in [7, 11) is 2.09. The maximum absolute atomic E-state index is 12.1. The Morgan fingerprint density at radius 3 is 2.62 bits per heavy atom. The van der Waals surface area contributed by atoms with Gasteiger partial charge in [0.25, 0.3) is 0 Å². The fourth-order valence-electron chi connectivity index (χ4n) is 2.52. The third kappa shape index (κ3) is 4.55. The van der Waals surface area contributed by atoms with Crippen LogP contribution >= 0.6 is 0 Å². The van der Waals surface area contributed by atoms with Crippen LogP contribution in [0, 0.1) is 11.3 Å². The van der Waals surface area contributed by atoms with Gasteiger partial charge in [0.1, 0.15) is 0 Å². The largest absolute Gasteiger partial charge is 0.352 e. The predicted octanol–water partition coefficient (Wildman–Crippen LogP) is 0.638. The minimum Gasteiger partial charge on any atom is -0.352 e. The Labute approximate surface area is 125 Å². The molecule has 1 aliphatic rings. The molecule has 1 aromatic carbocycles. The van der Waals surface area contributed by atoms with E-state index in [2.05, 4.69) is 23.3 Å². The van der Waals surface area contributed by atoms with Crippen LogP contribution in [-0.2, 0) is 11.2 Å². The summed E-state index contributed by atoms with van der Waals surface area (Å²) in [5.41, 5.74) is 7.56. The van der Waals surface area contributed by atoms with Crippen molar-refractivity contribution in [1.29, 1.82) is 5.26 Å². The molecule has 0 bridgehead atoms. The molecule has 0 aromatic heterocycles. The van der Waals surface area contributed by atoms with E-state index < -0.39 is 6.04 Å². The zero-order valence-corrected chi connectivity index (χ0v) is 12.4. The molecule has 1 unspecified atom stereocenters. The third-order valence-electron chi connectivity index (χ3n) is 3.94. The van der Waals surface area contributed by atoms with Crippen molar-refractivity contribution >= 4 is 5.91 Å². The van der Waals surface area contributed by atoms with Crippen molar-refractivity contribution in [3.05, 3.63) is 35.4 Å². The van der Waals surface area contributed by atoms with Gasteiger partial charge in [0.05, 0.1) is 17.7 Å². The lowest BCUT2D eigenvalue weighted by Crippen LogP contribution is -2.49. The zero-order chi connectivity index (χ0) is 15.2. The topological polar surface area (TPSA) is 82.2 Å². The molecule has 2 rings (SSSR count). The lowest BCUT2D eigenvalue weighted by Gasteiger charge is -2.30. The molecule has 1 atom stereocenters. The minimum atomic E-state index is -0.544. The Morgan fingerprint density at radius 1 is 1.43 bits per heavy atom. The molecule has 112 valence electrons. The molecule has 1 amide bonds. The summed E-state index contributed by atoms with van der Waals surface area (Å²) < 4.78 is 0. The SMILES string of the molecule is CN1CCC(NC(=O)C(N)Cc2ccc(C#N)cc2)CC1. The third-order valence-corrected chi connectivity index (χ3v) is 3.94. The van der Waals surface area contributed by atoms with Crippen molar-refractivity contribution in [1.82, 2.24) is 10.2 Å². The van der Waals surface area contributed by atoms with Gasteiger partial charge in [-0.1, -0.05) is 12.1 Å². The number of likely N-dealkylation sites (tertiary alicyclic amines) is 1. The number of hydrogen-bond donors (Lipinski definition) is 2. The molecule has 1 fully saturated rings. The van der Waals surface area contributed by atoms with Gasteiger partial charge in [-0.2, -0.15) is 5.26 Å². The fraction of sp³-hybridized carbons (Fsp3) is 0.500. The number of benzene rings is 1. The van der Waals surface area contributed by atoms with Gasteiger partial charge in [-0.05, 0) is 57.1 Å². The van der Waals surface area contributed by atoms with Crippen LogP contribution in [0.15, 0.2) is 24.3 Å². The van der Waals surface area contributed by atoms with E-state index in [1.165, 1.54) is 0 Å². The quantitative estimate of drug-likeness (QED) is 0.851. The van der Waals surface area contributed by atoms with Gasteiger partial charge < -0.3 is 16.0 Å². The number of nitriles is 1. The van der Waals surface area contributed by atoms with E-state index in [-0.39, 0.29) is 11.9 Å². The molecule has 1 aliphatic heterocycles. The molecule has 3 N–H and O–H groups in total. The number of carbonyl (C=O) groups excluding carboxylic acids is 1. The summed E-state index contributed by atoms with van der Waals surface area (Å²) in [5.74, 6) is -0.0890. The van der Waals surface area contributed by atoms with Crippen LogP contribution in [0.2, 0.25) is 0 Å². The van der Waals surface area contributed by atoms with Gasteiger partial charge in [0.15, 0.2) is 0 Å². The highest BCUT2D eigenvalue weighted by Gasteiger charge is 2.21. The molecule has 5 nitrogen and oxygen atoms in total. The van der Waals surface area contributed by atoms with Crippen molar-refractivity contribution in [2.75, 3.05) is 20.1 Å². The number of carbonyl (C=O) groups is 1. The van der Waals surface area contributed by atoms with Crippen molar-refractivity contribution in [2.24, 2.45) is 5.73 Å². The number of rotatable bonds is 4. The van der Waals surface area contributed by atoms with Crippen LogP contribution in [0.25, 0.3) is 0 Å². The molecule has 0 saturated carbocycles. The van der Waals surface area contributed by atoms with Gasteiger partial charge >= 0.3 is 0 Å². The van der Waals surface area contributed by atoms with Crippen molar-refractivity contribution in [3.63, 3.8) is 0 Å². The molecule has 21 heavy (non-hydrogen) atoms. The van der Waals surface area contributed by atoms with E-state index in [4.69, 9.17) is 11.0 Å². The first-order chi connectivity index (χ1) is 10.1. The number of hydrogen-bond acceptors (Lipinski definition) is 4. The number of piperidine rings is 1. The van der Waals surface area contributed by atoms with Gasteiger partial charge in [0, 0.05) is 6.04 Å². The summed E-state index contributed by atoms with van der Waals surface area (Å²) >= 11 is 0. The zero-order valence-electron chi connectivity index (χ0n) is 12.4. The van der Waals surface area contributed by atoms with Crippen LogP contribution in [-0.4, -0.2) is 43.0 Å². The van der Waals surface area contributed by atoms with E-state index in [1.807, 2.05) is 12.1 Å². The lowest BCUT2D eigenvalue weighted by molar-refractivity contribution is -0.123. The molecule has 0 aliphatic carbocycles. The van der Waals surface area contributed by atoms with Crippen LogP contribution < -0.4 is 11.1 Å². The summed E-state index contributed by atoms with van der Waals surface area (Å²) in [6.45, 7) is 2.02. The Hall–Kier alpha value is -1.90. The summed E-state index contributed by atoms with van der Waals surface area (Å²) in [5, 5.41) is 11.8. The molecule has 1 aromatic rings. The van der Waals surface area contributed by atoms with Crippen LogP contribution in [0.5, 0.6) is 0 Å². The maximum atomic E-state index is 12.1. The van der Waals surface area contributed by atoms with Crippen molar-refractivity contribution in [3.8, 4) is 6.07 Å². The Morgan fingerprint density at radius 2 is 2.05 bits per heavy atom. The molecule has 1 heterocycles.